The summed E-state index contributed by atoms with van der Waals surface area (Å²) in [5.74, 6) is 1.53. The summed E-state index contributed by atoms with van der Waals surface area (Å²) in [5, 5.41) is 6.53. The van der Waals surface area contributed by atoms with Gasteiger partial charge in [-0.05, 0) is 34.2 Å². The van der Waals surface area contributed by atoms with E-state index in [4.69, 9.17) is 0 Å². The first kappa shape index (κ1) is 15.2. The molecule has 5 heteroatoms. The minimum Gasteiger partial charge on any atom is -0.369 e. The largest absolute Gasteiger partial charge is 0.369 e. The molecule has 1 aromatic heterocycles. The van der Waals surface area contributed by atoms with E-state index in [1.807, 2.05) is 0 Å². The Labute approximate surface area is 118 Å². The van der Waals surface area contributed by atoms with E-state index in [2.05, 4.69) is 64.2 Å². The molecule has 0 fully saturated rings. The van der Waals surface area contributed by atoms with Crippen LogP contribution in [0.25, 0.3) is 0 Å². The number of nitrogens with zero attached hydrogens (tertiary/aromatic N) is 2. The molecular weight excluding hydrogens is 292 g/mol. The molecule has 1 rings (SSSR count). The summed E-state index contributed by atoms with van der Waals surface area (Å²) >= 11 is 3.46. The van der Waals surface area contributed by atoms with E-state index >= 15 is 0 Å². The van der Waals surface area contributed by atoms with Gasteiger partial charge in [-0.25, -0.2) is 4.98 Å². The predicted octanol–water partition coefficient (Wildman–Crippen LogP) is 3.91. The summed E-state index contributed by atoms with van der Waals surface area (Å²) in [5.41, 5.74) is 0.329. The molecule has 102 valence electrons. The zero-order valence-corrected chi connectivity index (χ0v) is 13.3. The Morgan fingerprint density at radius 3 is 2.56 bits per heavy atom. The molecule has 0 bridgehead atoms. The number of rotatable bonds is 6. The zero-order chi connectivity index (χ0) is 13.6. The molecule has 1 heterocycles. The van der Waals surface area contributed by atoms with Crippen LogP contribution in [0.4, 0.5) is 11.8 Å². The Hall–Kier alpha value is -0.840. The summed E-state index contributed by atoms with van der Waals surface area (Å²) in [6, 6.07) is 0. The Balaban J connectivity index is 2.58. The van der Waals surface area contributed by atoms with Gasteiger partial charge in [-0.3, -0.25) is 0 Å². The number of halogens is 1. The van der Waals surface area contributed by atoms with E-state index < -0.39 is 0 Å². The molecule has 0 unspecified atom stereocenters. The Bertz CT molecular complexity index is 374. The van der Waals surface area contributed by atoms with Crippen LogP contribution in [0, 0.1) is 5.41 Å². The molecule has 0 atom stereocenters. The SMILES string of the molecule is CCCNc1ncc(Br)c(NCCC(C)(C)C)n1. The highest BCUT2D eigenvalue weighted by Crippen LogP contribution is 2.22. The van der Waals surface area contributed by atoms with Crippen molar-refractivity contribution < 1.29 is 0 Å². The van der Waals surface area contributed by atoms with Crippen molar-refractivity contribution in [3.05, 3.63) is 10.7 Å². The van der Waals surface area contributed by atoms with Crippen LogP contribution in [-0.2, 0) is 0 Å². The fourth-order valence-electron chi connectivity index (χ4n) is 1.37. The topological polar surface area (TPSA) is 49.8 Å². The summed E-state index contributed by atoms with van der Waals surface area (Å²) in [4.78, 5) is 8.67. The van der Waals surface area contributed by atoms with E-state index in [1.165, 1.54) is 0 Å². The van der Waals surface area contributed by atoms with Crippen molar-refractivity contribution in [2.75, 3.05) is 23.7 Å². The molecule has 0 aliphatic heterocycles. The maximum absolute atomic E-state index is 4.45. The lowest BCUT2D eigenvalue weighted by Crippen LogP contribution is -2.14. The summed E-state index contributed by atoms with van der Waals surface area (Å²) in [6.07, 6.45) is 3.94. The van der Waals surface area contributed by atoms with Crippen molar-refractivity contribution in [2.45, 2.75) is 40.5 Å². The normalized spacial score (nSPS) is 11.4. The smallest absolute Gasteiger partial charge is 0.224 e. The predicted molar refractivity (Wildman–Crippen MR) is 81.1 cm³/mol. The van der Waals surface area contributed by atoms with Crippen LogP contribution in [0.5, 0.6) is 0 Å². The fourth-order valence-corrected chi connectivity index (χ4v) is 1.70. The third kappa shape index (κ3) is 5.67. The average molecular weight is 315 g/mol. The molecule has 18 heavy (non-hydrogen) atoms. The van der Waals surface area contributed by atoms with Crippen LogP contribution in [0.15, 0.2) is 10.7 Å². The van der Waals surface area contributed by atoms with Crippen LogP contribution >= 0.6 is 15.9 Å². The Morgan fingerprint density at radius 2 is 1.94 bits per heavy atom. The number of nitrogens with one attached hydrogen (secondary N) is 2. The van der Waals surface area contributed by atoms with E-state index in [-0.39, 0.29) is 0 Å². The lowest BCUT2D eigenvalue weighted by Gasteiger charge is -2.18. The maximum atomic E-state index is 4.45. The van der Waals surface area contributed by atoms with Gasteiger partial charge in [-0.15, -0.1) is 0 Å². The van der Waals surface area contributed by atoms with Crippen molar-refractivity contribution in [3.63, 3.8) is 0 Å². The molecule has 0 spiro atoms. The molecule has 0 aromatic carbocycles. The fraction of sp³-hybridized carbons (Fsp3) is 0.692. The zero-order valence-electron chi connectivity index (χ0n) is 11.7. The summed E-state index contributed by atoms with van der Waals surface area (Å²) < 4.78 is 0.901. The average Bonchev–Trinajstić information content (AvgIpc) is 2.28. The van der Waals surface area contributed by atoms with E-state index in [0.29, 0.717) is 11.4 Å². The molecule has 0 saturated heterocycles. The van der Waals surface area contributed by atoms with Crippen LogP contribution in [0.1, 0.15) is 40.5 Å². The van der Waals surface area contributed by atoms with Crippen LogP contribution in [-0.4, -0.2) is 23.1 Å². The standard InChI is InChI=1S/C13H23BrN4/c1-5-7-16-12-17-9-10(14)11(18-12)15-8-6-13(2,3)4/h9H,5-8H2,1-4H3,(H2,15,16,17,18). The van der Waals surface area contributed by atoms with E-state index in [9.17, 15) is 0 Å². The third-order valence-corrected chi connectivity index (χ3v) is 3.02. The first-order chi connectivity index (χ1) is 8.42. The van der Waals surface area contributed by atoms with Gasteiger partial charge in [-0.2, -0.15) is 4.98 Å². The molecule has 2 N–H and O–H groups in total. The van der Waals surface area contributed by atoms with Crippen LogP contribution in [0.3, 0.4) is 0 Å². The van der Waals surface area contributed by atoms with Gasteiger partial charge >= 0.3 is 0 Å². The van der Waals surface area contributed by atoms with Crippen LogP contribution < -0.4 is 10.6 Å². The number of hydrogen-bond acceptors (Lipinski definition) is 4. The van der Waals surface area contributed by atoms with Gasteiger partial charge in [0.15, 0.2) is 0 Å². The summed E-state index contributed by atoms with van der Waals surface area (Å²) in [6.45, 7) is 10.6. The lowest BCUT2D eigenvalue weighted by molar-refractivity contribution is 0.389. The Kier molecular flexibility index (Phi) is 5.85. The third-order valence-electron chi connectivity index (χ3n) is 2.44. The van der Waals surface area contributed by atoms with Gasteiger partial charge in [0.25, 0.3) is 0 Å². The monoisotopic (exact) mass is 314 g/mol. The lowest BCUT2D eigenvalue weighted by atomic mass is 9.92. The van der Waals surface area contributed by atoms with E-state index in [0.717, 1.165) is 36.2 Å². The number of aromatic nitrogens is 2. The molecule has 0 radical (unpaired) electrons. The molecule has 4 nitrogen and oxygen atoms in total. The van der Waals surface area contributed by atoms with Gasteiger partial charge < -0.3 is 10.6 Å². The number of hydrogen-bond donors (Lipinski definition) is 2. The van der Waals surface area contributed by atoms with Gasteiger partial charge in [-0.1, -0.05) is 27.7 Å². The molecule has 0 aliphatic carbocycles. The highest BCUT2D eigenvalue weighted by Gasteiger charge is 2.10. The van der Waals surface area contributed by atoms with Gasteiger partial charge in [0, 0.05) is 19.3 Å². The second kappa shape index (κ2) is 6.92. The minimum atomic E-state index is 0.329. The highest BCUT2D eigenvalue weighted by molar-refractivity contribution is 9.10. The van der Waals surface area contributed by atoms with Gasteiger partial charge in [0.05, 0.1) is 4.47 Å². The molecule has 1 aromatic rings. The van der Waals surface area contributed by atoms with Crippen molar-refractivity contribution in [1.82, 2.24) is 9.97 Å². The van der Waals surface area contributed by atoms with Crippen molar-refractivity contribution in [3.8, 4) is 0 Å². The first-order valence-corrected chi connectivity index (χ1v) is 7.22. The van der Waals surface area contributed by atoms with E-state index in [1.54, 1.807) is 6.20 Å². The van der Waals surface area contributed by atoms with Crippen molar-refractivity contribution in [2.24, 2.45) is 5.41 Å². The molecular formula is C13H23BrN4. The maximum Gasteiger partial charge on any atom is 0.224 e. The quantitative estimate of drug-likeness (QED) is 0.835. The second-order valence-corrected chi connectivity index (χ2v) is 6.41. The highest BCUT2D eigenvalue weighted by atomic mass is 79.9. The Morgan fingerprint density at radius 1 is 1.22 bits per heavy atom. The number of anilines is 2. The molecule has 0 amide bonds. The first-order valence-electron chi connectivity index (χ1n) is 6.42. The van der Waals surface area contributed by atoms with Crippen molar-refractivity contribution in [1.29, 1.82) is 0 Å². The minimum absolute atomic E-state index is 0.329. The van der Waals surface area contributed by atoms with Crippen LogP contribution in [0.2, 0.25) is 0 Å². The summed E-state index contributed by atoms with van der Waals surface area (Å²) in [7, 11) is 0. The van der Waals surface area contributed by atoms with Crippen molar-refractivity contribution >= 4 is 27.7 Å². The van der Waals surface area contributed by atoms with Gasteiger partial charge in [0.2, 0.25) is 5.95 Å². The second-order valence-electron chi connectivity index (χ2n) is 5.55. The van der Waals surface area contributed by atoms with Gasteiger partial charge in [0.1, 0.15) is 5.82 Å². The molecule has 0 saturated carbocycles. The molecule has 0 aliphatic rings.